The zero-order valence-electron chi connectivity index (χ0n) is 15.1. The van der Waals surface area contributed by atoms with Gasteiger partial charge in [0, 0.05) is 30.6 Å². The Labute approximate surface area is 158 Å². The first-order valence-corrected chi connectivity index (χ1v) is 9.66. The van der Waals surface area contributed by atoms with Gasteiger partial charge in [0.15, 0.2) is 0 Å². The molecular weight excluding hydrogens is 338 g/mol. The minimum Gasteiger partial charge on any atom is -0.385 e. The van der Waals surface area contributed by atoms with Crippen LogP contribution in [0.3, 0.4) is 0 Å². The van der Waals surface area contributed by atoms with Crippen molar-refractivity contribution in [2.24, 2.45) is 11.8 Å². The molecule has 0 unspecified atom stereocenters. The van der Waals surface area contributed by atoms with Crippen LogP contribution in [0.2, 0.25) is 0 Å². The number of aliphatic hydroxyl groups is 1. The second-order valence-electron chi connectivity index (χ2n) is 7.87. The van der Waals surface area contributed by atoms with E-state index >= 15 is 0 Å². The van der Waals surface area contributed by atoms with Gasteiger partial charge in [-0.15, -0.1) is 0 Å². The number of aromatic nitrogens is 2. The van der Waals surface area contributed by atoms with Gasteiger partial charge in [0.1, 0.15) is 11.3 Å². The maximum Gasteiger partial charge on any atom is 0.272 e. The predicted molar refractivity (Wildman–Crippen MR) is 103 cm³/mol. The second kappa shape index (κ2) is 6.20. The standard InChI is InChI=1S/C22H23N3O2/c26-21(19-9-8-15-10-12-23-20(15)24-19)25-13-16-5-4-11-22(27,18(16)14-25)17-6-2-1-3-7-17/h1-3,6-10,12,16,18,27H,4-5,11,13-14H2,(H,23,24)/t16-,18+,22+/m0/s1. The first kappa shape index (κ1) is 16.5. The van der Waals surface area contributed by atoms with E-state index in [-0.39, 0.29) is 11.8 Å². The summed E-state index contributed by atoms with van der Waals surface area (Å²) in [7, 11) is 0. The summed E-state index contributed by atoms with van der Waals surface area (Å²) in [4.78, 5) is 22.5. The molecule has 1 saturated heterocycles. The number of nitrogens with zero attached hydrogens (tertiary/aromatic N) is 2. The summed E-state index contributed by atoms with van der Waals surface area (Å²) in [6.45, 7) is 1.28. The molecule has 3 aromatic rings. The van der Waals surface area contributed by atoms with E-state index in [0.717, 1.165) is 35.9 Å². The molecule has 5 nitrogen and oxygen atoms in total. The Morgan fingerprint density at radius 3 is 2.85 bits per heavy atom. The quantitative estimate of drug-likeness (QED) is 0.736. The summed E-state index contributed by atoms with van der Waals surface area (Å²) in [5, 5.41) is 12.5. The molecule has 2 aliphatic rings. The number of carbonyl (C=O) groups is 1. The number of aromatic amines is 1. The summed E-state index contributed by atoms with van der Waals surface area (Å²) in [5.41, 5.74) is 1.32. The van der Waals surface area contributed by atoms with Crippen molar-refractivity contribution >= 4 is 16.9 Å². The van der Waals surface area contributed by atoms with Crippen molar-refractivity contribution in [1.82, 2.24) is 14.9 Å². The van der Waals surface area contributed by atoms with E-state index in [1.165, 1.54) is 0 Å². The van der Waals surface area contributed by atoms with Crippen molar-refractivity contribution < 1.29 is 9.90 Å². The molecule has 0 bridgehead atoms. The van der Waals surface area contributed by atoms with Crippen LogP contribution < -0.4 is 0 Å². The topological polar surface area (TPSA) is 69.2 Å². The number of rotatable bonds is 2. The number of pyridine rings is 1. The predicted octanol–water partition coefficient (Wildman–Crippen LogP) is 3.32. The van der Waals surface area contributed by atoms with Crippen molar-refractivity contribution in [3.63, 3.8) is 0 Å². The first-order chi connectivity index (χ1) is 13.1. The normalized spacial score (nSPS) is 27.7. The highest BCUT2D eigenvalue weighted by molar-refractivity contribution is 5.94. The summed E-state index contributed by atoms with van der Waals surface area (Å²) < 4.78 is 0. The van der Waals surface area contributed by atoms with Crippen LogP contribution in [-0.4, -0.2) is 39.0 Å². The molecule has 0 spiro atoms. The molecule has 27 heavy (non-hydrogen) atoms. The zero-order chi connectivity index (χ0) is 18.4. The number of hydrogen-bond acceptors (Lipinski definition) is 3. The average Bonchev–Trinajstić information content (AvgIpc) is 3.35. The number of carbonyl (C=O) groups excluding carboxylic acids is 1. The molecule has 1 aromatic carbocycles. The van der Waals surface area contributed by atoms with Crippen LogP contribution in [0, 0.1) is 11.8 Å². The van der Waals surface area contributed by atoms with Gasteiger partial charge in [0.25, 0.3) is 5.91 Å². The van der Waals surface area contributed by atoms with Crippen LogP contribution in [0.5, 0.6) is 0 Å². The summed E-state index contributed by atoms with van der Waals surface area (Å²) in [5.74, 6) is 0.366. The lowest BCUT2D eigenvalue weighted by Gasteiger charge is -2.41. The monoisotopic (exact) mass is 361 g/mol. The van der Waals surface area contributed by atoms with Gasteiger partial charge in [0.2, 0.25) is 0 Å². The number of nitrogens with one attached hydrogen (secondary N) is 1. The van der Waals surface area contributed by atoms with Crippen molar-refractivity contribution in [3.8, 4) is 0 Å². The molecule has 2 fully saturated rings. The van der Waals surface area contributed by atoms with Crippen molar-refractivity contribution in [1.29, 1.82) is 0 Å². The maximum absolute atomic E-state index is 13.1. The van der Waals surface area contributed by atoms with Gasteiger partial charge >= 0.3 is 0 Å². The number of benzene rings is 1. The molecule has 138 valence electrons. The number of fused-ring (bicyclic) bond motifs is 2. The number of likely N-dealkylation sites (tertiary alicyclic amines) is 1. The second-order valence-corrected chi connectivity index (χ2v) is 7.87. The van der Waals surface area contributed by atoms with E-state index in [2.05, 4.69) is 9.97 Å². The lowest BCUT2D eigenvalue weighted by molar-refractivity contribution is -0.0644. The molecule has 3 heterocycles. The Kier molecular flexibility index (Phi) is 3.79. The summed E-state index contributed by atoms with van der Waals surface area (Å²) >= 11 is 0. The molecule has 3 atom stereocenters. The summed E-state index contributed by atoms with van der Waals surface area (Å²) in [6.07, 6.45) is 4.64. The molecule has 2 aromatic heterocycles. The Bertz CT molecular complexity index is 983. The van der Waals surface area contributed by atoms with Crippen LogP contribution in [0.25, 0.3) is 11.0 Å². The fraction of sp³-hybridized carbons (Fsp3) is 0.364. The van der Waals surface area contributed by atoms with E-state index in [0.29, 0.717) is 24.7 Å². The van der Waals surface area contributed by atoms with Crippen LogP contribution in [0.4, 0.5) is 0 Å². The van der Waals surface area contributed by atoms with Gasteiger partial charge < -0.3 is 15.0 Å². The average molecular weight is 361 g/mol. The van der Waals surface area contributed by atoms with Crippen LogP contribution in [0.1, 0.15) is 35.3 Å². The fourth-order valence-corrected chi connectivity index (χ4v) is 4.99. The third-order valence-electron chi connectivity index (χ3n) is 6.38. The highest BCUT2D eigenvalue weighted by atomic mass is 16.3. The highest BCUT2D eigenvalue weighted by Crippen LogP contribution is 2.48. The smallest absolute Gasteiger partial charge is 0.272 e. The molecule has 5 rings (SSSR count). The van der Waals surface area contributed by atoms with Crippen LogP contribution in [0.15, 0.2) is 54.7 Å². The molecule has 1 aliphatic heterocycles. The van der Waals surface area contributed by atoms with E-state index in [1.807, 2.05) is 53.6 Å². The molecule has 1 saturated carbocycles. The molecule has 1 amide bonds. The van der Waals surface area contributed by atoms with Gasteiger partial charge in [-0.2, -0.15) is 0 Å². The third-order valence-corrected chi connectivity index (χ3v) is 6.38. The SMILES string of the molecule is O=C(c1ccc2cc[nH]c2n1)N1C[C@@H]2CCC[C@@](O)(c3ccccc3)[C@@H]2C1. The van der Waals surface area contributed by atoms with Gasteiger partial charge in [-0.25, -0.2) is 4.98 Å². The van der Waals surface area contributed by atoms with Crippen LogP contribution in [-0.2, 0) is 5.60 Å². The van der Waals surface area contributed by atoms with E-state index < -0.39 is 5.60 Å². The van der Waals surface area contributed by atoms with Gasteiger partial charge in [-0.1, -0.05) is 30.3 Å². The Hall–Kier alpha value is -2.66. The van der Waals surface area contributed by atoms with Gasteiger partial charge in [-0.3, -0.25) is 4.79 Å². The van der Waals surface area contributed by atoms with Crippen molar-refractivity contribution in [2.45, 2.75) is 24.9 Å². The fourth-order valence-electron chi connectivity index (χ4n) is 4.99. The van der Waals surface area contributed by atoms with E-state index in [4.69, 9.17) is 0 Å². The van der Waals surface area contributed by atoms with Gasteiger partial charge in [-0.05, 0) is 48.9 Å². The third kappa shape index (κ3) is 2.65. The lowest BCUT2D eigenvalue weighted by Crippen LogP contribution is -2.43. The van der Waals surface area contributed by atoms with Crippen molar-refractivity contribution in [3.05, 3.63) is 66.0 Å². The van der Waals surface area contributed by atoms with Crippen LogP contribution >= 0.6 is 0 Å². The Morgan fingerprint density at radius 1 is 1.15 bits per heavy atom. The minimum absolute atomic E-state index is 0.0451. The zero-order valence-corrected chi connectivity index (χ0v) is 15.1. The van der Waals surface area contributed by atoms with Crippen molar-refractivity contribution in [2.75, 3.05) is 13.1 Å². The molecule has 2 N–H and O–H groups in total. The molecule has 0 radical (unpaired) electrons. The van der Waals surface area contributed by atoms with Gasteiger partial charge in [0.05, 0.1) is 5.60 Å². The minimum atomic E-state index is -0.851. The lowest BCUT2D eigenvalue weighted by atomic mass is 9.67. The first-order valence-electron chi connectivity index (χ1n) is 9.66. The molecular formula is C22H23N3O2. The number of H-pyrrole nitrogens is 1. The Balaban J connectivity index is 1.43. The van der Waals surface area contributed by atoms with E-state index in [9.17, 15) is 9.90 Å². The number of hydrogen-bond donors (Lipinski definition) is 2. The largest absolute Gasteiger partial charge is 0.385 e. The molecule has 5 heteroatoms. The molecule has 1 aliphatic carbocycles. The maximum atomic E-state index is 13.1. The Morgan fingerprint density at radius 2 is 2.00 bits per heavy atom. The highest BCUT2D eigenvalue weighted by Gasteiger charge is 2.50. The number of amides is 1. The summed E-state index contributed by atoms with van der Waals surface area (Å²) in [6, 6.07) is 15.6. The van der Waals surface area contributed by atoms with E-state index in [1.54, 1.807) is 6.07 Å².